The molecule has 1 unspecified atom stereocenters. The quantitative estimate of drug-likeness (QED) is 0.677. The van der Waals surface area contributed by atoms with Gasteiger partial charge in [-0.25, -0.2) is 13.2 Å². The fourth-order valence-electron chi connectivity index (χ4n) is 3.35. The second-order valence-electron chi connectivity index (χ2n) is 6.65. The molecule has 5 nitrogen and oxygen atoms in total. The minimum Gasteiger partial charge on any atom is -0.338 e. The number of halogens is 3. The van der Waals surface area contributed by atoms with E-state index >= 15 is 0 Å². The first-order valence-electron chi connectivity index (χ1n) is 8.86. The lowest BCUT2D eigenvalue weighted by atomic mass is 9.96. The molecule has 8 heteroatoms. The number of carbonyl (C=O) groups is 1. The van der Waals surface area contributed by atoms with Crippen LogP contribution >= 0.6 is 0 Å². The average molecular weight is 387 g/mol. The third kappa shape index (κ3) is 3.49. The number of hydrogen-bond acceptors (Lipinski definition) is 4. The van der Waals surface area contributed by atoms with E-state index in [0.29, 0.717) is 31.3 Å². The Kier molecular flexibility index (Phi) is 4.85. The molecule has 0 bridgehead atoms. The molecule has 4 rings (SSSR count). The Labute approximate surface area is 158 Å². The molecule has 1 atom stereocenters. The highest BCUT2D eigenvalue weighted by molar-refractivity contribution is 5.94. The number of nitrogens with zero attached hydrogens (tertiary/aromatic N) is 3. The lowest BCUT2D eigenvalue weighted by molar-refractivity contribution is 0.0698. The molecule has 1 fully saturated rings. The van der Waals surface area contributed by atoms with Crippen LogP contribution in [-0.2, 0) is 0 Å². The molecule has 28 heavy (non-hydrogen) atoms. The standard InChI is InChI=1S/C20H16F3N3O2/c21-13-7-8-15(17(23)10-13)20(27)26-9-3-4-12(11-26)18-24-19(28-25-18)14-5-1-2-6-16(14)22/h1-2,5-8,10,12H,3-4,9,11H2. The molecular formula is C20H16F3N3O2. The Morgan fingerprint density at radius 3 is 2.71 bits per heavy atom. The van der Waals surface area contributed by atoms with Crippen LogP contribution in [-0.4, -0.2) is 34.0 Å². The topological polar surface area (TPSA) is 59.2 Å². The summed E-state index contributed by atoms with van der Waals surface area (Å²) < 4.78 is 46.1. The Morgan fingerprint density at radius 1 is 1.11 bits per heavy atom. The summed E-state index contributed by atoms with van der Waals surface area (Å²) in [7, 11) is 0. The normalized spacial score (nSPS) is 17.0. The van der Waals surface area contributed by atoms with Gasteiger partial charge in [0.05, 0.1) is 11.1 Å². The number of rotatable bonds is 3. The van der Waals surface area contributed by atoms with Crippen molar-refractivity contribution in [3.63, 3.8) is 0 Å². The highest BCUT2D eigenvalue weighted by atomic mass is 19.1. The van der Waals surface area contributed by atoms with E-state index < -0.39 is 23.4 Å². The summed E-state index contributed by atoms with van der Waals surface area (Å²) in [5, 5.41) is 3.94. The monoisotopic (exact) mass is 387 g/mol. The van der Waals surface area contributed by atoms with Gasteiger partial charge in [0, 0.05) is 25.1 Å². The Bertz CT molecular complexity index is 1020. The molecule has 1 aliphatic heterocycles. The molecule has 2 aromatic carbocycles. The molecule has 1 aromatic heterocycles. The van der Waals surface area contributed by atoms with Gasteiger partial charge in [0.25, 0.3) is 11.8 Å². The van der Waals surface area contributed by atoms with E-state index in [0.717, 1.165) is 12.1 Å². The van der Waals surface area contributed by atoms with Crippen LogP contribution in [0, 0.1) is 17.5 Å². The lowest BCUT2D eigenvalue weighted by Crippen LogP contribution is -2.39. The van der Waals surface area contributed by atoms with Crippen LogP contribution in [0.3, 0.4) is 0 Å². The molecule has 1 aliphatic rings. The first-order chi connectivity index (χ1) is 13.5. The first-order valence-corrected chi connectivity index (χ1v) is 8.86. The second kappa shape index (κ2) is 7.46. The Morgan fingerprint density at radius 2 is 1.93 bits per heavy atom. The number of carbonyl (C=O) groups excluding carboxylic acids is 1. The number of hydrogen-bond donors (Lipinski definition) is 0. The minimum atomic E-state index is -0.895. The third-order valence-corrected chi connectivity index (χ3v) is 4.78. The number of amides is 1. The predicted octanol–water partition coefficient (Wildman–Crippen LogP) is 4.17. The van der Waals surface area contributed by atoms with E-state index in [4.69, 9.17) is 4.52 Å². The maximum atomic E-state index is 13.9. The molecule has 3 aromatic rings. The zero-order valence-electron chi connectivity index (χ0n) is 14.7. The fraction of sp³-hybridized carbons (Fsp3) is 0.250. The van der Waals surface area contributed by atoms with E-state index in [2.05, 4.69) is 10.1 Å². The van der Waals surface area contributed by atoms with Gasteiger partial charge in [0.15, 0.2) is 5.82 Å². The van der Waals surface area contributed by atoms with Crippen molar-refractivity contribution in [3.8, 4) is 11.5 Å². The summed E-state index contributed by atoms with van der Waals surface area (Å²) in [4.78, 5) is 18.4. The fourth-order valence-corrected chi connectivity index (χ4v) is 3.35. The van der Waals surface area contributed by atoms with E-state index in [1.165, 1.54) is 11.0 Å². The van der Waals surface area contributed by atoms with E-state index in [1.54, 1.807) is 18.2 Å². The van der Waals surface area contributed by atoms with Crippen LogP contribution in [0.2, 0.25) is 0 Å². The van der Waals surface area contributed by atoms with E-state index in [-0.39, 0.29) is 29.5 Å². The van der Waals surface area contributed by atoms with Gasteiger partial charge in [-0.2, -0.15) is 4.98 Å². The SMILES string of the molecule is O=C(c1ccc(F)cc1F)N1CCCC(c2noc(-c3ccccc3F)n2)C1. The van der Waals surface area contributed by atoms with Gasteiger partial charge in [-0.15, -0.1) is 0 Å². The number of aromatic nitrogens is 2. The summed E-state index contributed by atoms with van der Waals surface area (Å²) in [6.45, 7) is 0.718. The maximum absolute atomic E-state index is 13.9. The summed E-state index contributed by atoms with van der Waals surface area (Å²) in [5.74, 6) is -2.39. The van der Waals surface area contributed by atoms with Crippen LogP contribution < -0.4 is 0 Å². The Balaban J connectivity index is 1.53. The third-order valence-electron chi connectivity index (χ3n) is 4.78. The van der Waals surface area contributed by atoms with Crippen molar-refractivity contribution in [3.05, 3.63) is 71.3 Å². The molecule has 0 N–H and O–H groups in total. The highest BCUT2D eigenvalue weighted by Crippen LogP contribution is 2.29. The number of piperidine rings is 1. The van der Waals surface area contributed by atoms with Crippen molar-refractivity contribution >= 4 is 5.91 Å². The average Bonchev–Trinajstić information content (AvgIpc) is 3.18. The molecular weight excluding hydrogens is 371 g/mol. The highest BCUT2D eigenvalue weighted by Gasteiger charge is 2.30. The summed E-state index contributed by atoms with van der Waals surface area (Å²) >= 11 is 0. The Hall–Kier alpha value is -3.16. The van der Waals surface area contributed by atoms with Gasteiger partial charge < -0.3 is 9.42 Å². The first kappa shape index (κ1) is 18.2. The van der Waals surface area contributed by atoms with Crippen LogP contribution in [0.1, 0.15) is 34.9 Å². The van der Waals surface area contributed by atoms with Crippen molar-refractivity contribution in [1.29, 1.82) is 0 Å². The van der Waals surface area contributed by atoms with Crippen LogP contribution in [0.25, 0.3) is 11.5 Å². The van der Waals surface area contributed by atoms with Crippen LogP contribution in [0.15, 0.2) is 47.0 Å². The minimum absolute atomic E-state index is 0.0705. The summed E-state index contributed by atoms with van der Waals surface area (Å²) in [6.07, 6.45) is 1.38. The van der Waals surface area contributed by atoms with Crippen molar-refractivity contribution in [1.82, 2.24) is 15.0 Å². The van der Waals surface area contributed by atoms with Gasteiger partial charge in [-0.05, 0) is 37.1 Å². The predicted molar refractivity (Wildman–Crippen MR) is 93.9 cm³/mol. The lowest BCUT2D eigenvalue weighted by Gasteiger charge is -2.31. The van der Waals surface area contributed by atoms with Crippen molar-refractivity contribution in [2.75, 3.05) is 13.1 Å². The molecule has 0 aliphatic carbocycles. The van der Waals surface area contributed by atoms with Crippen molar-refractivity contribution in [2.24, 2.45) is 0 Å². The zero-order valence-corrected chi connectivity index (χ0v) is 14.7. The second-order valence-corrected chi connectivity index (χ2v) is 6.65. The molecule has 0 saturated carbocycles. The smallest absolute Gasteiger partial charge is 0.260 e. The van der Waals surface area contributed by atoms with E-state index in [1.807, 2.05) is 0 Å². The van der Waals surface area contributed by atoms with Gasteiger partial charge >= 0.3 is 0 Å². The zero-order chi connectivity index (χ0) is 19.7. The van der Waals surface area contributed by atoms with Gasteiger partial charge in [-0.3, -0.25) is 4.79 Å². The molecule has 1 amide bonds. The molecule has 1 saturated heterocycles. The summed E-state index contributed by atoms with van der Waals surface area (Å²) in [5.41, 5.74) is 0.0283. The molecule has 0 radical (unpaired) electrons. The largest absolute Gasteiger partial charge is 0.338 e. The molecule has 2 heterocycles. The van der Waals surface area contributed by atoms with Crippen molar-refractivity contribution in [2.45, 2.75) is 18.8 Å². The number of likely N-dealkylation sites (tertiary alicyclic amines) is 1. The van der Waals surface area contributed by atoms with Gasteiger partial charge in [-0.1, -0.05) is 17.3 Å². The van der Waals surface area contributed by atoms with E-state index in [9.17, 15) is 18.0 Å². The summed E-state index contributed by atoms with van der Waals surface area (Å²) in [6, 6.07) is 8.96. The van der Waals surface area contributed by atoms with Gasteiger partial charge in [0.1, 0.15) is 17.5 Å². The molecule has 0 spiro atoms. The maximum Gasteiger partial charge on any atom is 0.260 e. The van der Waals surface area contributed by atoms with Crippen LogP contribution in [0.4, 0.5) is 13.2 Å². The van der Waals surface area contributed by atoms with Gasteiger partial charge in [0.2, 0.25) is 0 Å². The molecule has 144 valence electrons. The van der Waals surface area contributed by atoms with Crippen LogP contribution in [0.5, 0.6) is 0 Å². The van der Waals surface area contributed by atoms with Crippen molar-refractivity contribution < 1.29 is 22.5 Å². The number of benzene rings is 2.